The second-order valence-electron chi connectivity index (χ2n) is 4.71. The van der Waals surface area contributed by atoms with Gasteiger partial charge in [0.1, 0.15) is 0 Å². The van der Waals surface area contributed by atoms with Crippen LogP contribution < -0.4 is 0 Å². The number of rotatable bonds is 5. The summed E-state index contributed by atoms with van der Waals surface area (Å²) in [6, 6.07) is 0. The molecular weight excluding hydrogens is 156 g/mol. The molecule has 0 unspecified atom stereocenters. The highest BCUT2D eigenvalue weighted by Crippen LogP contribution is 2.27. The lowest BCUT2D eigenvalue weighted by Gasteiger charge is -2.12. The molecule has 0 aromatic rings. The maximum absolute atomic E-state index is 2.30. The SMILES string of the molecule is CCCCCCC1CCCCCC1. The average molecular weight is 182 g/mol. The van der Waals surface area contributed by atoms with Crippen molar-refractivity contribution in [1.82, 2.24) is 0 Å². The topological polar surface area (TPSA) is 0 Å². The fourth-order valence-corrected chi connectivity index (χ4v) is 2.51. The highest BCUT2D eigenvalue weighted by molar-refractivity contribution is 4.64. The molecule has 0 atom stereocenters. The van der Waals surface area contributed by atoms with Crippen molar-refractivity contribution in [2.45, 2.75) is 77.6 Å². The summed E-state index contributed by atoms with van der Waals surface area (Å²) < 4.78 is 0. The van der Waals surface area contributed by atoms with Crippen molar-refractivity contribution < 1.29 is 0 Å². The zero-order valence-corrected chi connectivity index (χ0v) is 9.36. The van der Waals surface area contributed by atoms with Gasteiger partial charge in [0.15, 0.2) is 0 Å². The van der Waals surface area contributed by atoms with Crippen molar-refractivity contribution in [3.05, 3.63) is 0 Å². The Bertz CT molecular complexity index is 98.6. The average Bonchev–Trinajstić information content (AvgIpc) is 2.41. The molecule has 78 valence electrons. The summed E-state index contributed by atoms with van der Waals surface area (Å²) in [7, 11) is 0. The largest absolute Gasteiger partial charge is 0.0654 e. The van der Waals surface area contributed by atoms with Gasteiger partial charge in [-0.25, -0.2) is 0 Å². The first-order chi connectivity index (χ1) is 6.43. The highest BCUT2D eigenvalue weighted by atomic mass is 14.2. The summed E-state index contributed by atoms with van der Waals surface area (Å²) in [6.45, 7) is 2.30. The van der Waals surface area contributed by atoms with E-state index in [1.54, 1.807) is 0 Å². The quantitative estimate of drug-likeness (QED) is 0.418. The third-order valence-electron chi connectivity index (χ3n) is 3.44. The van der Waals surface area contributed by atoms with Gasteiger partial charge >= 0.3 is 0 Å². The first kappa shape index (κ1) is 11.1. The van der Waals surface area contributed by atoms with E-state index in [0.29, 0.717) is 0 Å². The minimum atomic E-state index is 1.10. The molecule has 0 aliphatic heterocycles. The molecule has 0 N–H and O–H groups in total. The summed E-state index contributed by atoms with van der Waals surface area (Å²) in [5.74, 6) is 1.10. The number of hydrogen-bond donors (Lipinski definition) is 0. The molecule has 0 aromatic carbocycles. The van der Waals surface area contributed by atoms with E-state index in [1.807, 2.05) is 0 Å². The van der Waals surface area contributed by atoms with Crippen molar-refractivity contribution in [3.63, 3.8) is 0 Å². The molecule has 0 saturated heterocycles. The predicted octanol–water partition coefficient (Wildman–Crippen LogP) is 4.93. The Morgan fingerprint density at radius 1 is 0.846 bits per heavy atom. The summed E-state index contributed by atoms with van der Waals surface area (Å²) >= 11 is 0. The molecule has 1 aliphatic carbocycles. The number of hydrogen-bond acceptors (Lipinski definition) is 0. The van der Waals surface area contributed by atoms with Crippen LogP contribution in [0.4, 0.5) is 0 Å². The van der Waals surface area contributed by atoms with Crippen LogP contribution in [-0.4, -0.2) is 0 Å². The molecule has 0 spiro atoms. The number of unbranched alkanes of at least 4 members (excludes halogenated alkanes) is 3. The Hall–Kier alpha value is 0. The van der Waals surface area contributed by atoms with E-state index < -0.39 is 0 Å². The van der Waals surface area contributed by atoms with E-state index in [1.165, 1.54) is 70.6 Å². The Kier molecular flexibility index (Phi) is 6.31. The van der Waals surface area contributed by atoms with Crippen LogP contribution in [0.15, 0.2) is 0 Å². The third kappa shape index (κ3) is 5.33. The van der Waals surface area contributed by atoms with Crippen LogP contribution in [0.25, 0.3) is 0 Å². The molecule has 0 heteroatoms. The van der Waals surface area contributed by atoms with Gasteiger partial charge in [0.25, 0.3) is 0 Å². The zero-order valence-electron chi connectivity index (χ0n) is 9.36. The molecule has 0 amide bonds. The van der Waals surface area contributed by atoms with Crippen molar-refractivity contribution >= 4 is 0 Å². The van der Waals surface area contributed by atoms with Crippen LogP contribution in [0, 0.1) is 5.92 Å². The molecule has 1 saturated carbocycles. The smallest absolute Gasteiger partial charge is 0.0414 e. The van der Waals surface area contributed by atoms with Gasteiger partial charge in [-0.3, -0.25) is 0 Å². The molecular formula is C13H26. The molecule has 0 bridgehead atoms. The Morgan fingerprint density at radius 2 is 1.54 bits per heavy atom. The van der Waals surface area contributed by atoms with Gasteiger partial charge in [-0.1, -0.05) is 77.6 Å². The normalized spacial score (nSPS) is 20.1. The Balaban J connectivity index is 1.98. The van der Waals surface area contributed by atoms with E-state index >= 15 is 0 Å². The second kappa shape index (κ2) is 7.41. The molecule has 1 aliphatic rings. The molecule has 13 heavy (non-hydrogen) atoms. The zero-order chi connectivity index (χ0) is 9.36. The van der Waals surface area contributed by atoms with Gasteiger partial charge in [-0.2, -0.15) is 0 Å². The Labute approximate surface area is 84.1 Å². The van der Waals surface area contributed by atoms with E-state index in [2.05, 4.69) is 6.92 Å². The van der Waals surface area contributed by atoms with E-state index in [4.69, 9.17) is 0 Å². The maximum Gasteiger partial charge on any atom is -0.0414 e. The lowest BCUT2D eigenvalue weighted by atomic mass is 9.94. The summed E-state index contributed by atoms with van der Waals surface area (Å²) in [6.07, 6.45) is 16.4. The van der Waals surface area contributed by atoms with Gasteiger partial charge in [0, 0.05) is 0 Å². The van der Waals surface area contributed by atoms with Crippen LogP contribution in [0.1, 0.15) is 77.6 Å². The van der Waals surface area contributed by atoms with Crippen LogP contribution in [0.3, 0.4) is 0 Å². The van der Waals surface area contributed by atoms with Crippen molar-refractivity contribution in [1.29, 1.82) is 0 Å². The fourth-order valence-electron chi connectivity index (χ4n) is 2.51. The van der Waals surface area contributed by atoms with Crippen LogP contribution >= 0.6 is 0 Å². The minimum absolute atomic E-state index is 1.10. The minimum Gasteiger partial charge on any atom is -0.0654 e. The van der Waals surface area contributed by atoms with Crippen LogP contribution in [0.5, 0.6) is 0 Å². The molecule has 1 rings (SSSR count). The summed E-state index contributed by atoms with van der Waals surface area (Å²) in [4.78, 5) is 0. The Morgan fingerprint density at radius 3 is 2.15 bits per heavy atom. The van der Waals surface area contributed by atoms with E-state index in [9.17, 15) is 0 Å². The monoisotopic (exact) mass is 182 g/mol. The summed E-state index contributed by atoms with van der Waals surface area (Å²) in [5.41, 5.74) is 0. The van der Waals surface area contributed by atoms with Crippen molar-refractivity contribution in [2.24, 2.45) is 5.92 Å². The molecule has 0 radical (unpaired) electrons. The molecule has 0 aromatic heterocycles. The molecule has 0 heterocycles. The molecule has 0 nitrogen and oxygen atoms in total. The standard InChI is InChI=1S/C13H26/c1-2-3-4-7-10-13-11-8-5-6-9-12-13/h13H,2-12H2,1H3. The first-order valence-electron chi connectivity index (χ1n) is 6.43. The van der Waals surface area contributed by atoms with Gasteiger partial charge in [-0.15, -0.1) is 0 Å². The van der Waals surface area contributed by atoms with Gasteiger partial charge in [0.05, 0.1) is 0 Å². The lowest BCUT2D eigenvalue weighted by Crippen LogP contribution is -1.98. The highest BCUT2D eigenvalue weighted by Gasteiger charge is 2.10. The lowest BCUT2D eigenvalue weighted by molar-refractivity contribution is 0.406. The summed E-state index contributed by atoms with van der Waals surface area (Å²) in [5, 5.41) is 0. The van der Waals surface area contributed by atoms with Gasteiger partial charge in [-0.05, 0) is 5.92 Å². The van der Waals surface area contributed by atoms with Gasteiger partial charge < -0.3 is 0 Å². The van der Waals surface area contributed by atoms with Crippen LogP contribution in [0.2, 0.25) is 0 Å². The predicted molar refractivity (Wildman–Crippen MR) is 60.0 cm³/mol. The first-order valence-corrected chi connectivity index (χ1v) is 6.43. The molecule has 1 fully saturated rings. The van der Waals surface area contributed by atoms with E-state index in [0.717, 1.165) is 5.92 Å². The van der Waals surface area contributed by atoms with Crippen LogP contribution in [-0.2, 0) is 0 Å². The fraction of sp³-hybridized carbons (Fsp3) is 1.00. The maximum atomic E-state index is 2.30. The second-order valence-corrected chi connectivity index (χ2v) is 4.71. The van der Waals surface area contributed by atoms with E-state index in [-0.39, 0.29) is 0 Å². The van der Waals surface area contributed by atoms with Crippen molar-refractivity contribution in [2.75, 3.05) is 0 Å². The van der Waals surface area contributed by atoms with Gasteiger partial charge in [0.2, 0.25) is 0 Å². The third-order valence-corrected chi connectivity index (χ3v) is 3.44. The van der Waals surface area contributed by atoms with Crippen molar-refractivity contribution in [3.8, 4) is 0 Å².